The van der Waals surface area contributed by atoms with Gasteiger partial charge in [-0.3, -0.25) is 0 Å². The van der Waals surface area contributed by atoms with Crippen molar-refractivity contribution in [2.75, 3.05) is 6.61 Å². The topological polar surface area (TPSA) is 146 Å². The van der Waals surface area contributed by atoms with Crippen molar-refractivity contribution < 1.29 is 44.5 Å². The number of benzene rings is 2. The van der Waals surface area contributed by atoms with Crippen molar-refractivity contribution in [1.82, 2.24) is 0 Å². The molecule has 9 heteroatoms. The molecule has 30 heavy (non-hydrogen) atoms. The van der Waals surface area contributed by atoms with Gasteiger partial charge in [0.25, 0.3) is 0 Å². The number of aromatic hydroxyl groups is 1. The molecule has 1 saturated heterocycles. The molecule has 0 bridgehead atoms. The molecule has 160 valence electrons. The number of hydrogen-bond donors (Lipinski definition) is 5. The van der Waals surface area contributed by atoms with Crippen molar-refractivity contribution in [2.45, 2.75) is 43.0 Å². The molecule has 0 saturated carbocycles. The Bertz CT molecular complexity index is 913. The van der Waals surface area contributed by atoms with E-state index in [4.69, 9.17) is 19.3 Å². The molecule has 1 unspecified atom stereocenters. The van der Waals surface area contributed by atoms with Crippen LogP contribution >= 0.6 is 0 Å². The third-order valence-corrected chi connectivity index (χ3v) is 5.37. The summed E-state index contributed by atoms with van der Waals surface area (Å²) in [6.07, 6.45) is -7.63. The number of phenolic OH excluding ortho intramolecular Hbond substituents is 1. The van der Waals surface area contributed by atoms with Crippen molar-refractivity contribution in [3.8, 4) is 17.2 Å². The highest BCUT2D eigenvalue weighted by atomic mass is 16.7. The second-order valence-corrected chi connectivity index (χ2v) is 7.43. The van der Waals surface area contributed by atoms with E-state index in [-0.39, 0.29) is 17.4 Å². The average molecular weight is 418 g/mol. The molecular weight excluding hydrogens is 396 g/mol. The molecule has 2 heterocycles. The highest BCUT2D eigenvalue weighted by molar-refractivity contribution is 5.73. The van der Waals surface area contributed by atoms with Crippen molar-refractivity contribution in [3.05, 3.63) is 53.6 Å². The Hall–Kier alpha value is -2.85. The first-order valence-corrected chi connectivity index (χ1v) is 9.47. The van der Waals surface area contributed by atoms with Crippen LogP contribution in [0.1, 0.15) is 17.0 Å². The molecule has 1 fully saturated rings. The summed E-state index contributed by atoms with van der Waals surface area (Å²) in [4.78, 5) is 11.2. The standard InChI is InChI=1S/C21H22O9/c22-13-4-1-10(2-5-13)12-7-11-3-6-14(8-15(11)28-9-12)29-21-18(25)16(23)17(24)19(30-21)20(26)27/h1-6,8,12,16-19,21-25H,7,9H2,(H,26,27)/t12?,16-,17-,18+,19-,21+/m0/s1. The predicted octanol–water partition coefficient (Wildman–Crippen LogP) is 0.382. The molecule has 0 amide bonds. The molecule has 2 aliphatic rings. The van der Waals surface area contributed by atoms with Crippen molar-refractivity contribution in [3.63, 3.8) is 0 Å². The molecule has 2 aromatic carbocycles. The van der Waals surface area contributed by atoms with Gasteiger partial charge in [0.05, 0.1) is 6.61 Å². The SMILES string of the molecule is O=C(O)[C@H]1O[C@@H](Oc2ccc3c(c2)OCC(c2ccc(O)cc2)C3)[C@H](O)[C@@H](O)[C@@H]1O. The molecule has 2 aromatic rings. The van der Waals surface area contributed by atoms with Gasteiger partial charge in [0.15, 0.2) is 6.10 Å². The molecular formula is C21H22O9. The molecule has 6 atom stereocenters. The Kier molecular flexibility index (Phi) is 5.52. The van der Waals surface area contributed by atoms with Crippen LogP contribution in [0.4, 0.5) is 0 Å². The third kappa shape index (κ3) is 3.92. The van der Waals surface area contributed by atoms with E-state index in [0.29, 0.717) is 12.4 Å². The molecule has 2 aliphatic heterocycles. The number of phenols is 1. The predicted molar refractivity (Wildman–Crippen MR) is 101 cm³/mol. The Labute approximate surface area is 171 Å². The fourth-order valence-corrected chi connectivity index (χ4v) is 3.67. The summed E-state index contributed by atoms with van der Waals surface area (Å²) in [6.45, 7) is 0.426. The Balaban J connectivity index is 1.47. The molecule has 0 spiro atoms. The first-order chi connectivity index (χ1) is 14.3. The maximum Gasteiger partial charge on any atom is 0.335 e. The molecule has 5 N–H and O–H groups in total. The number of ether oxygens (including phenoxy) is 3. The monoisotopic (exact) mass is 418 g/mol. The van der Waals surface area contributed by atoms with Gasteiger partial charge in [-0.1, -0.05) is 18.2 Å². The molecule has 0 radical (unpaired) electrons. The quantitative estimate of drug-likeness (QED) is 0.476. The summed E-state index contributed by atoms with van der Waals surface area (Å²) in [5.41, 5.74) is 1.99. The van der Waals surface area contributed by atoms with Gasteiger partial charge in [-0.05, 0) is 35.7 Å². The molecule has 0 aliphatic carbocycles. The number of carboxylic acids is 1. The van der Waals surface area contributed by atoms with Gasteiger partial charge in [0.2, 0.25) is 6.29 Å². The van der Waals surface area contributed by atoms with Gasteiger partial charge in [0, 0.05) is 12.0 Å². The lowest BCUT2D eigenvalue weighted by atomic mass is 9.90. The van der Waals surface area contributed by atoms with Gasteiger partial charge in [-0.15, -0.1) is 0 Å². The Morgan fingerprint density at radius 3 is 2.43 bits per heavy atom. The minimum atomic E-state index is -1.78. The number of carbonyl (C=O) groups is 1. The summed E-state index contributed by atoms with van der Waals surface area (Å²) >= 11 is 0. The van der Waals surface area contributed by atoms with Crippen LogP contribution in [0.3, 0.4) is 0 Å². The highest BCUT2D eigenvalue weighted by Gasteiger charge is 2.48. The fraction of sp³-hybridized carbons (Fsp3) is 0.381. The van der Waals surface area contributed by atoms with Crippen LogP contribution in [0.2, 0.25) is 0 Å². The maximum absolute atomic E-state index is 11.2. The van der Waals surface area contributed by atoms with E-state index in [1.807, 2.05) is 12.1 Å². The summed E-state index contributed by atoms with van der Waals surface area (Å²) in [5, 5.41) is 48.3. The van der Waals surface area contributed by atoms with Gasteiger partial charge >= 0.3 is 5.97 Å². The highest BCUT2D eigenvalue weighted by Crippen LogP contribution is 2.36. The molecule has 4 rings (SSSR count). The first kappa shape index (κ1) is 20.4. The largest absolute Gasteiger partial charge is 0.508 e. The van der Waals surface area contributed by atoms with Gasteiger partial charge < -0.3 is 39.7 Å². The second kappa shape index (κ2) is 8.11. The van der Waals surface area contributed by atoms with Crippen LogP contribution in [-0.2, 0) is 16.0 Å². The van der Waals surface area contributed by atoms with E-state index in [1.54, 1.807) is 30.3 Å². The van der Waals surface area contributed by atoms with E-state index in [2.05, 4.69) is 0 Å². The van der Waals surface area contributed by atoms with Crippen molar-refractivity contribution in [2.24, 2.45) is 0 Å². The minimum Gasteiger partial charge on any atom is -0.508 e. The second-order valence-electron chi connectivity index (χ2n) is 7.43. The number of hydrogen-bond acceptors (Lipinski definition) is 8. The van der Waals surface area contributed by atoms with Gasteiger partial charge in [-0.2, -0.15) is 0 Å². The minimum absolute atomic E-state index is 0.126. The Morgan fingerprint density at radius 1 is 1.00 bits per heavy atom. The molecule has 9 nitrogen and oxygen atoms in total. The number of aliphatic carboxylic acids is 1. The Morgan fingerprint density at radius 2 is 1.73 bits per heavy atom. The third-order valence-electron chi connectivity index (χ3n) is 5.37. The normalized spacial score (nSPS) is 30.8. The van der Waals surface area contributed by atoms with E-state index < -0.39 is 36.7 Å². The van der Waals surface area contributed by atoms with Gasteiger partial charge in [0.1, 0.15) is 35.6 Å². The van der Waals surface area contributed by atoms with Gasteiger partial charge in [-0.25, -0.2) is 4.79 Å². The van der Waals surface area contributed by atoms with E-state index >= 15 is 0 Å². The number of aliphatic hydroxyl groups excluding tert-OH is 3. The summed E-state index contributed by atoms with van der Waals surface area (Å²) in [6, 6.07) is 12.0. The lowest BCUT2D eigenvalue weighted by molar-refractivity contribution is -0.271. The number of aliphatic hydroxyl groups is 3. The summed E-state index contributed by atoms with van der Waals surface area (Å²) in [5.74, 6) is -0.304. The first-order valence-electron chi connectivity index (χ1n) is 9.47. The van der Waals surface area contributed by atoms with Crippen LogP contribution in [0.25, 0.3) is 0 Å². The smallest absolute Gasteiger partial charge is 0.335 e. The van der Waals surface area contributed by atoms with E-state index in [9.17, 15) is 25.2 Å². The van der Waals surface area contributed by atoms with Crippen LogP contribution in [0.5, 0.6) is 17.2 Å². The number of carboxylic acid groups (broad SMARTS) is 1. The zero-order valence-electron chi connectivity index (χ0n) is 15.8. The molecule has 0 aromatic heterocycles. The lowest BCUT2D eigenvalue weighted by Gasteiger charge is -2.38. The summed E-state index contributed by atoms with van der Waals surface area (Å²) in [7, 11) is 0. The fourth-order valence-electron chi connectivity index (χ4n) is 3.67. The maximum atomic E-state index is 11.2. The zero-order chi connectivity index (χ0) is 21.4. The van der Waals surface area contributed by atoms with Crippen LogP contribution in [-0.4, -0.2) is 68.8 Å². The van der Waals surface area contributed by atoms with Crippen molar-refractivity contribution >= 4 is 5.97 Å². The average Bonchev–Trinajstić information content (AvgIpc) is 2.74. The van der Waals surface area contributed by atoms with Crippen LogP contribution in [0, 0.1) is 0 Å². The van der Waals surface area contributed by atoms with E-state index in [1.165, 1.54) is 0 Å². The lowest BCUT2D eigenvalue weighted by Crippen LogP contribution is -2.61. The summed E-state index contributed by atoms with van der Waals surface area (Å²) < 4.78 is 16.5. The van der Waals surface area contributed by atoms with Crippen LogP contribution < -0.4 is 9.47 Å². The van der Waals surface area contributed by atoms with Crippen molar-refractivity contribution in [1.29, 1.82) is 0 Å². The van der Waals surface area contributed by atoms with E-state index in [0.717, 1.165) is 17.5 Å². The number of rotatable bonds is 4. The zero-order valence-corrected chi connectivity index (χ0v) is 15.8. The van der Waals surface area contributed by atoms with Crippen LogP contribution in [0.15, 0.2) is 42.5 Å². The number of fused-ring (bicyclic) bond motifs is 1.